The molecule has 0 N–H and O–H groups in total. The van der Waals surface area contributed by atoms with E-state index in [0.29, 0.717) is 0 Å². The van der Waals surface area contributed by atoms with Crippen molar-refractivity contribution in [3.8, 4) is 28.2 Å². The van der Waals surface area contributed by atoms with Crippen molar-refractivity contribution in [2.45, 2.75) is 13.8 Å². The molecule has 0 saturated carbocycles. The summed E-state index contributed by atoms with van der Waals surface area (Å²) in [7, 11) is 0. The van der Waals surface area contributed by atoms with Gasteiger partial charge in [-0.2, -0.15) is 0 Å². The van der Waals surface area contributed by atoms with Crippen molar-refractivity contribution in [3.63, 3.8) is 0 Å². The predicted molar refractivity (Wildman–Crippen MR) is 110 cm³/mol. The Hall–Kier alpha value is -3.01. The van der Waals surface area contributed by atoms with Gasteiger partial charge in [0.1, 0.15) is 0 Å². The molecule has 0 aliphatic carbocycles. The molecule has 5 aromatic rings. The van der Waals surface area contributed by atoms with Crippen LogP contribution in [0.3, 0.4) is 0 Å². The standard InChI is InChI=1S/C24H18N3O.Ir/c1-16-13-19(18-7-4-3-5-8-18)14-17(2)23(16)27-12-11-25-24(27)20-9-6-10-21-22(20)26-15-28-21;/h3-8,10-15H,1-2H3;/q-1;. The number of oxazole rings is 1. The van der Waals surface area contributed by atoms with E-state index in [2.05, 4.69) is 70.8 Å². The second kappa shape index (κ2) is 7.78. The molecule has 2 heterocycles. The monoisotopic (exact) mass is 557 g/mol. The first kappa shape index (κ1) is 19.3. The number of fused-ring (bicyclic) bond motifs is 1. The van der Waals surface area contributed by atoms with Gasteiger partial charge in [-0.3, -0.25) is 9.97 Å². The second-order valence-electron chi connectivity index (χ2n) is 6.86. The summed E-state index contributed by atoms with van der Waals surface area (Å²) >= 11 is 0. The molecule has 0 fully saturated rings. The van der Waals surface area contributed by atoms with E-state index < -0.39 is 0 Å². The van der Waals surface area contributed by atoms with Gasteiger partial charge in [0.05, 0.1) is 11.4 Å². The Labute approximate surface area is 182 Å². The minimum Gasteiger partial charge on any atom is -0.464 e. The number of aromatic nitrogens is 3. The van der Waals surface area contributed by atoms with Crippen LogP contribution in [0, 0.1) is 19.9 Å². The molecule has 0 bridgehead atoms. The topological polar surface area (TPSA) is 43.9 Å². The van der Waals surface area contributed by atoms with Gasteiger partial charge in [-0.15, -0.1) is 12.1 Å². The summed E-state index contributed by atoms with van der Waals surface area (Å²) in [6.07, 6.45) is 5.26. The fraction of sp³-hybridized carbons (Fsp3) is 0.0833. The van der Waals surface area contributed by atoms with Gasteiger partial charge in [0.25, 0.3) is 0 Å². The average Bonchev–Trinajstić information content (AvgIpc) is 3.37. The number of imidazole rings is 1. The SMILES string of the molecule is Cc1cc(-c2ccccc2)cc(C)c1-n1ccnc1-c1[c-]ccc2ocnc12.[Ir]. The Morgan fingerprint density at radius 1 is 0.931 bits per heavy atom. The maximum absolute atomic E-state index is 5.45. The molecule has 145 valence electrons. The molecule has 5 heteroatoms. The predicted octanol–water partition coefficient (Wildman–Crippen LogP) is 5.76. The number of nitrogens with zero attached hydrogens (tertiary/aromatic N) is 3. The third-order valence-corrected chi connectivity index (χ3v) is 5.00. The molecule has 1 radical (unpaired) electrons. The maximum Gasteiger partial charge on any atom is 0.170 e. The van der Waals surface area contributed by atoms with Gasteiger partial charge in [-0.05, 0) is 48.2 Å². The number of hydrogen-bond acceptors (Lipinski definition) is 3. The van der Waals surface area contributed by atoms with Gasteiger partial charge >= 0.3 is 0 Å². The number of benzene rings is 3. The summed E-state index contributed by atoms with van der Waals surface area (Å²) in [5.74, 6) is 0.804. The molecular formula is C24H18IrN3O-. The van der Waals surface area contributed by atoms with Crippen LogP contribution < -0.4 is 0 Å². The smallest absolute Gasteiger partial charge is 0.170 e. The van der Waals surface area contributed by atoms with Crippen molar-refractivity contribution in [1.82, 2.24) is 14.5 Å². The summed E-state index contributed by atoms with van der Waals surface area (Å²) in [4.78, 5) is 8.96. The van der Waals surface area contributed by atoms with Crippen LogP contribution in [0.5, 0.6) is 0 Å². The van der Waals surface area contributed by atoms with Crippen molar-refractivity contribution < 1.29 is 24.5 Å². The molecule has 29 heavy (non-hydrogen) atoms. The maximum atomic E-state index is 5.45. The van der Waals surface area contributed by atoms with Crippen LogP contribution in [0.2, 0.25) is 0 Å². The largest absolute Gasteiger partial charge is 0.464 e. The van der Waals surface area contributed by atoms with E-state index in [9.17, 15) is 0 Å². The van der Waals surface area contributed by atoms with E-state index in [-0.39, 0.29) is 20.1 Å². The van der Waals surface area contributed by atoms with Crippen LogP contribution in [0.1, 0.15) is 11.1 Å². The number of rotatable bonds is 3. The van der Waals surface area contributed by atoms with Crippen LogP contribution in [0.4, 0.5) is 0 Å². The molecule has 0 saturated heterocycles. The van der Waals surface area contributed by atoms with Crippen molar-refractivity contribution in [1.29, 1.82) is 0 Å². The van der Waals surface area contributed by atoms with E-state index in [1.54, 1.807) is 0 Å². The van der Waals surface area contributed by atoms with E-state index in [1.807, 2.05) is 30.6 Å². The summed E-state index contributed by atoms with van der Waals surface area (Å²) in [5.41, 5.74) is 8.26. The normalized spacial score (nSPS) is 10.8. The van der Waals surface area contributed by atoms with Crippen LogP contribution in [0.15, 0.2) is 77.8 Å². The summed E-state index contributed by atoms with van der Waals surface area (Å²) in [5, 5.41) is 0. The molecule has 4 nitrogen and oxygen atoms in total. The molecule has 0 amide bonds. The molecule has 0 aliphatic heterocycles. The zero-order valence-electron chi connectivity index (χ0n) is 16.0. The van der Waals surface area contributed by atoms with Gasteiger partial charge in [-0.1, -0.05) is 42.0 Å². The van der Waals surface area contributed by atoms with Gasteiger partial charge in [-0.25, -0.2) is 0 Å². The van der Waals surface area contributed by atoms with Crippen molar-refractivity contribution >= 4 is 11.1 Å². The first-order valence-electron chi connectivity index (χ1n) is 9.17. The van der Waals surface area contributed by atoms with Crippen LogP contribution in [0.25, 0.3) is 39.3 Å². The Kier molecular flexibility index (Phi) is 5.18. The fourth-order valence-electron chi connectivity index (χ4n) is 3.80. The van der Waals surface area contributed by atoms with Gasteiger partial charge < -0.3 is 8.98 Å². The van der Waals surface area contributed by atoms with E-state index in [0.717, 1.165) is 28.2 Å². The molecule has 5 rings (SSSR count). The Bertz CT molecular complexity index is 1260. The van der Waals surface area contributed by atoms with Crippen LogP contribution in [-0.2, 0) is 20.1 Å². The number of hydrogen-bond donors (Lipinski definition) is 0. The molecule has 0 atom stereocenters. The first-order valence-corrected chi connectivity index (χ1v) is 9.17. The Balaban J connectivity index is 0.00000205. The zero-order valence-corrected chi connectivity index (χ0v) is 18.4. The van der Waals surface area contributed by atoms with Crippen molar-refractivity contribution in [2.24, 2.45) is 0 Å². The minimum atomic E-state index is 0. The number of aryl methyl sites for hydroxylation is 2. The van der Waals surface area contributed by atoms with E-state index >= 15 is 0 Å². The summed E-state index contributed by atoms with van der Waals surface area (Å²) in [6.45, 7) is 4.28. The third-order valence-electron chi connectivity index (χ3n) is 5.00. The fourth-order valence-corrected chi connectivity index (χ4v) is 3.80. The summed E-state index contributed by atoms with van der Waals surface area (Å²) < 4.78 is 7.56. The van der Waals surface area contributed by atoms with Gasteiger partial charge in [0.15, 0.2) is 6.39 Å². The van der Waals surface area contributed by atoms with Crippen molar-refractivity contribution in [3.05, 3.63) is 90.6 Å². The van der Waals surface area contributed by atoms with Gasteiger partial charge in [0, 0.05) is 43.7 Å². The quantitative estimate of drug-likeness (QED) is 0.266. The minimum absolute atomic E-state index is 0. The average molecular weight is 557 g/mol. The van der Waals surface area contributed by atoms with Crippen molar-refractivity contribution in [2.75, 3.05) is 0 Å². The Morgan fingerprint density at radius 2 is 1.69 bits per heavy atom. The molecule has 0 aliphatic rings. The Morgan fingerprint density at radius 3 is 2.45 bits per heavy atom. The molecule has 3 aromatic carbocycles. The van der Waals surface area contributed by atoms with E-state index in [1.165, 1.54) is 28.6 Å². The molecule has 0 unspecified atom stereocenters. The zero-order chi connectivity index (χ0) is 19.1. The molecule has 2 aromatic heterocycles. The molecule has 0 spiro atoms. The van der Waals surface area contributed by atoms with Gasteiger partial charge in [0.2, 0.25) is 0 Å². The molecular weight excluding hydrogens is 539 g/mol. The first-order chi connectivity index (χ1) is 13.7. The van der Waals surface area contributed by atoms with Crippen LogP contribution in [-0.4, -0.2) is 14.5 Å². The third kappa shape index (κ3) is 3.33. The second-order valence-corrected chi connectivity index (χ2v) is 6.86. The summed E-state index contributed by atoms with van der Waals surface area (Å²) in [6, 6.07) is 21.9. The van der Waals surface area contributed by atoms with E-state index in [4.69, 9.17) is 4.42 Å². The van der Waals surface area contributed by atoms with Crippen LogP contribution >= 0.6 is 0 Å².